The molecule has 0 aliphatic carbocycles. The predicted octanol–water partition coefficient (Wildman–Crippen LogP) is -2.10. The molecule has 1 fully saturated rings. The number of halogens is 1. The Morgan fingerprint density at radius 3 is 2.47 bits per heavy atom. The minimum absolute atomic E-state index is 0.493. The molecule has 1 amide bonds. The van der Waals surface area contributed by atoms with Crippen molar-refractivity contribution in [2.24, 2.45) is 0 Å². The van der Waals surface area contributed by atoms with Crippen molar-refractivity contribution in [1.29, 1.82) is 0 Å². The first kappa shape index (κ1) is 12.3. The van der Waals surface area contributed by atoms with Crippen LogP contribution >= 0.6 is 0 Å². The van der Waals surface area contributed by atoms with E-state index in [4.69, 9.17) is 0 Å². The van der Waals surface area contributed by atoms with E-state index >= 15 is 0 Å². The molecule has 1 aliphatic rings. The van der Waals surface area contributed by atoms with Crippen LogP contribution in [0.5, 0.6) is 0 Å². The Morgan fingerprint density at radius 1 is 1.40 bits per heavy atom. The average molecular weight is 223 g/mol. The fourth-order valence-corrected chi connectivity index (χ4v) is 1.46. The zero-order chi connectivity index (χ0) is 11.6. The molecule has 15 heavy (non-hydrogen) atoms. The highest BCUT2D eigenvalue weighted by Crippen LogP contribution is 2.20. The molecule has 1 rings (SSSR count). The number of aliphatic hydroxyl groups is 3. The van der Waals surface area contributed by atoms with Crippen LogP contribution in [0.4, 0.5) is 4.39 Å². The molecule has 1 aliphatic heterocycles. The van der Waals surface area contributed by atoms with Crippen LogP contribution < -0.4 is 5.32 Å². The predicted molar refractivity (Wildman–Crippen MR) is 46.5 cm³/mol. The van der Waals surface area contributed by atoms with Gasteiger partial charge in [0.25, 0.3) is 0 Å². The van der Waals surface area contributed by atoms with E-state index in [0.717, 1.165) is 0 Å². The fourth-order valence-electron chi connectivity index (χ4n) is 1.46. The van der Waals surface area contributed by atoms with Crippen LogP contribution in [0.3, 0.4) is 0 Å². The standard InChI is InChI=1S/C8H14FNO5/c1-3(11)10-5-7(13)6(12)4(2-9)15-8(5)14/h4-8,12-14H,2H2,1H3,(H,10,11)/t4?,5?,6-,7?,8+/m0/s1. The van der Waals surface area contributed by atoms with Crippen LogP contribution in [-0.2, 0) is 9.53 Å². The Hall–Kier alpha value is -0.760. The molecule has 0 spiro atoms. The van der Waals surface area contributed by atoms with E-state index in [9.17, 15) is 24.5 Å². The van der Waals surface area contributed by atoms with Gasteiger partial charge in [0.15, 0.2) is 6.29 Å². The summed E-state index contributed by atoms with van der Waals surface area (Å²) in [6, 6.07) is -1.15. The lowest BCUT2D eigenvalue weighted by molar-refractivity contribution is -0.249. The van der Waals surface area contributed by atoms with Gasteiger partial charge in [0.2, 0.25) is 5.91 Å². The number of carbonyl (C=O) groups excluding carboxylic acids is 1. The van der Waals surface area contributed by atoms with Crippen molar-refractivity contribution in [3.05, 3.63) is 0 Å². The van der Waals surface area contributed by atoms with Gasteiger partial charge in [-0.25, -0.2) is 4.39 Å². The molecule has 7 heteroatoms. The Kier molecular flexibility index (Phi) is 3.97. The molecule has 1 heterocycles. The molecule has 5 atom stereocenters. The van der Waals surface area contributed by atoms with Crippen LogP contribution in [0.15, 0.2) is 0 Å². The van der Waals surface area contributed by atoms with E-state index in [1.807, 2.05) is 0 Å². The fraction of sp³-hybridized carbons (Fsp3) is 0.875. The van der Waals surface area contributed by atoms with E-state index in [0.29, 0.717) is 0 Å². The van der Waals surface area contributed by atoms with E-state index in [2.05, 4.69) is 10.1 Å². The van der Waals surface area contributed by atoms with E-state index in [-0.39, 0.29) is 0 Å². The second-order valence-corrected chi connectivity index (χ2v) is 3.43. The minimum Gasteiger partial charge on any atom is -0.388 e. The van der Waals surface area contributed by atoms with Gasteiger partial charge in [0, 0.05) is 6.92 Å². The van der Waals surface area contributed by atoms with Crippen LogP contribution in [-0.4, -0.2) is 58.5 Å². The van der Waals surface area contributed by atoms with Crippen LogP contribution in [0.2, 0.25) is 0 Å². The third kappa shape index (κ3) is 2.63. The van der Waals surface area contributed by atoms with Crippen molar-refractivity contribution in [2.75, 3.05) is 6.67 Å². The number of hydrogen-bond acceptors (Lipinski definition) is 5. The molecule has 88 valence electrons. The molecule has 0 bridgehead atoms. The minimum atomic E-state index is -1.53. The third-order valence-corrected chi connectivity index (χ3v) is 2.24. The molecular weight excluding hydrogens is 209 g/mol. The lowest BCUT2D eigenvalue weighted by atomic mass is 9.97. The maximum Gasteiger partial charge on any atom is 0.217 e. The highest BCUT2D eigenvalue weighted by molar-refractivity contribution is 5.73. The molecule has 0 aromatic heterocycles. The summed E-state index contributed by atoms with van der Waals surface area (Å²) in [5, 5.41) is 30.4. The monoisotopic (exact) mass is 223 g/mol. The molecule has 4 N–H and O–H groups in total. The highest BCUT2D eigenvalue weighted by atomic mass is 19.1. The second-order valence-electron chi connectivity index (χ2n) is 3.43. The number of rotatable bonds is 2. The topological polar surface area (TPSA) is 99.0 Å². The zero-order valence-electron chi connectivity index (χ0n) is 8.13. The Labute approximate surface area is 85.7 Å². The Bertz CT molecular complexity index is 239. The first-order chi connectivity index (χ1) is 6.97. The van der Waals surface area contributed by atoms with Crippen molar-refractivity contribution in [3.8, 4) is 0 Å². The van der Waals surface area contributed by atoms with Crippen molar-refractivity contribution in [1.82, 2.24) is 5.32 Å². The molecule has 0 saturated carbocycles. The van der Waals surface area contributed by atoms with Gasteiger partial charge >= 0.3 is 0 Å². The van der Waals surface area contributed by atoms with Crippen molar-refractivity contribution in [3.63, 3.8) is 0 Å². The molecule has 0 aromatic carbocycles. The summed E-state index contributed by atoms with van der Waals surface area (Å²) < 4.78 is 17.0. The van der Waals surface area contributed by atoms with Crippen LogP contribution in [0, 0.1) is 0 Å². The van der Waals surface area contributed by atoms with Gasteiger partial charge in [0.05, 0.1) is 0 Å². The molecule has 0 radical (unpaired) electrons. The van der Waals surface area contributed by atoms with Gasteiger partial charge in [-0.2, -0.15) is 0 Å². The maximum atomic E-state index is 12.3. The summed E-state index contributed by atoms with van der Waals surface area (Å²) in [6.07, 6.45) is -5.75. The summed E-state index contributed by atoms with van der Waals surface area (Å²) in [7, 11) is 0. The Balaban J connectivity index is 2.70. The number of aliphatic hydroxyl groups excluding tert-OH is 3. The zero-order valence-corrected chi connectivity index (χ0v) is 8.13. The Morgan fingerprint density at radius 2 is 2.00 bits per heavy atom. The largest absolute Gasteiger partial charge is 0.388 e. The van der Waals surface area contributed by atoms with Gasteiger partial charge in [-0.05, 0) is 0 Å². The van der Waals surface area contributed by atoms with Gasteiger partial charge < -0.3 is 25.4 Å². The lowest BCUT2D eigenvalue weighted by Crippen LogP contribution is -2.63. The summed E-state index contributed by atoms with van der Waals surface area (Å²) in [5.74, 6) is -0.493. The lowest BCUT2D eigenvalue weighted by Gasteiger charge is -2.39. The first-order valence-corrected chi connectivity index (χ1v) is 4.50. The first-order valence-electron chi connectivity index (χ1n) is 4.50. The normalized spacial score (nSPS) is 41.3. The molecule has 0 aromatic rings. The number of ether oxygens (including phenoxy) is 1. The van der Waals surface area contributed by atoms with E-state index in [1.165, 1.54) is 6.92 Å². The average Bonchev–Trinajstić information content (AvgIpc) is 2.18. The summed E-state index contributed by atoms with van der Waals surface area (Å²) >= 11 is 0. The van der Waals surface area contributed by atoms with Crippen LogP contribution in [0.1, 0.15) is 6.92 Å². The van der Waals surface area contributed by atoms with Gasteiger partial charge in [0.1, 0.15) is 31.0 Å². The van der Waals surface area contributed by atoms with E-state index in [1.54, 1.807) is 0 Å². The summed E-state index contributed by atoms with van der Waals surface area (Å²) in [5.41, 5.74) is 0. The second kappa shape index (κ2) is 4.84. The summed E-state index contributed by atoms with van der Waals surface area (Å²) in [6.45, 7) is 0.162. The molecule has 6 nitrogen and oxygen atoms in total. The van der Waals surface area contributed by atoms with Gasteiger partial charge in [-0.3, -0.25) is 4.79 Å². The smallest absolute Gasteiger partial charge is 0.217 e. The summed E-state index contributed by atoms with van der Waals surface area (Å²) in [4.78, 5) is 10.7. The molecular formula is C8H14FNO5. The number of carbonyl (C=O) groups is 1. The molecule has 3 unspecified atom stereocenters. The third-order valence-electron chi connectivity index (χ3n) is 2.24. The molecule has 1 saturated heterocycles. The number of hydrogen-bond donors (Lipinski definition) is 4. The quantitative estimate of drug-likeness (QED) is 0.430. The van der Waals surface area contributed by atoms with Crippen molar-refractivity contribution < 1.29 is 29.2 Å². The van der Waals surface area contributed by atoms with Crippen LogP contribution in [0.25, 0.3) is 0 Å². The van der Waals surface area contributed by atoms with Gasteiger partial charge in [-0.1, -0.05) is 0 Å². The number of amides is 1. The SMILES string of the molecule is CC(=O)NC1C(O)[C@@H](O)C(CF)O[C@H]1O. The van der Waals surface area contributed by atoms with Crippen molar-refractivity contribution in [2.45, 2.75) is 37.6 Å². The van der Waals surface area contributed by atoms with Crippen molar-refractivity contribution >= 4 is 5.91 Å². The number of nitrogens with one attached hydrogen (secondary N) is 1. The maximum absolute atomic E-state index is 12.3. The van der Waals surface area contributed by atoms with Gasteiger partial charge in [-0.15, -0.1) is 0 Å². The number of alkyl halides is 1. The van der Waals surface area contributed by atoms with E-state index < -0.39 is 43.2 Å². The highest BCUT2D eigenvalue weighted by Gasteiger charge is 2.44.